The number of likely N-dealkylation sites (N-methyl/N-ethyl adjacent to an activating group) is 2. The molecule has 0 aliphatic heterocycles. The largest absolute Gasteiger partial charge is 0.476 e. The molecule has 2 N–H and O–H groups in total. The van der Waals surface area contributed by atoms with E-state index >= 15 is 0 Å². The monoisotopic (exact) mass is 271 g/mol. The van der Waals surface area contributed by atoms with Gasteiger partial charge in [-0.3, -0.25) is 4.79 Å². The van der Waals surface area contributed by atoms with E-state index in [4.69, 9.17) is 16.7 Å². The highest BCUT2D eigenvalue weighted by Crippen LogP contribution is 2.18. The van der Waals surface area contributed by atoms with Crippen LogP contribution in [0.1, 0.15) is 17.4 Å². The van der Waals surface area contributed by atoms with Crippen LogP contribution in [0.5, 0.6) is 0 Å². The maximum atomic E-state index is 11.4. The third kappa shape index (κ3) is 3.59. The van der Waals surface area contributed by atoms with E-state index in [1.807, 2.05) is 6.92 Å². The molecule has 0 spiro atoms. The normalized spacial score (nSPS) is 9.94. The van der Waals surface area contributed by atoms with E-state index in [0.717, 1.165) is 0 Å². The fourth-order valence-electron chi connectivity index (χ4n) is 1.34. The lowest BCUT2D eigenvalue weighted by molar-refractivity contribution is -0.119. The molecule has 1 aromatic heterocycles. The SMILES string of the molecule is CCNC(=O)CN(C)c1ccc(Cl)c(C(=O)O)n1. The molecule has 6 nitrogen and oxygen atoms in total. The zero-order chi connectivity index (χ0) is 13.7. The molecule has 0 aliphatic carbocycles. The van der Waals surface area contributed by atoms with Gasteiger partial charge in [0.25, 0.3) is 0 Å². The Kier molecular flexibility index (Phi) is 4.91. The second-order valence-electron chi connectivity index (χ2n) is 3.61. The van der Waals surface area contributed by atoms with Crippen molar-refractivity contribution in [1.29, 1.82) is 0 Å². The molecule has 1 aromatic rings. The summed E-state index contributed by atoms with van der Waals surface area (Å²) in [4.78, 5) is 27.7. The molecule has 0 unspecified atom stereocenters. The first kappa shape index (κ1) is 14.2. The molecule has 98 valence electrons. The third-order valence-corrected chi connectivity index (χ3v) is 2.48. The van der Waals surface area contributed by atoms with Gasteiger partial charge in [-0.15, -0.1) is 0 Å². The van der Waals surface area contributed by atoms with Crippen LogP contribution >= 0.6 is 11.6 Å². The van der Waals surface area contributed by atoms with Gasteiger partial charge in [0.05, 0.1) is 11.6 Å². The van der Waals surface area contributed by atoms with Crippen LogP contribution in [-0.2, 0) is 4.79 Å². The van der Waals surface area contributed by atoms with Crippen molar-refractivity contribution >= 4 is 29.3 Å². The van der Waals surface area contributed by atoms with Crippen molar-refractivity contribution in [2.24, 2.45) is 0 Å². The number of carboxylic acid groups (broad SMARTS) is 1. The van der Waals surface area contributed by atoms with Crippen LogP contribution < -0.4 is 10.2 Å². The van der Waals surface area contributed by atoms with Crippen LogP contribution in [0.25, 0.3) is 0 Å². The second kappa shape index (κ2) is 6.20. The average Bonchev–Trinajstić information content (AvgIpc) is 2.29. The molecule has 1 heterocycles. The number of aromatic nitrogens is 1. The van der Waals surface area contributed by atoms with Gasteiger partial charge < -0.3 is 15.3 Å². The van der Waals surface area contributed by atoms with E-state index in [2.05, 4.69) is 10.3 Å². The Balaban J connectivity index is 2.86. The summed E-state index contributed by atoms with van der Waals surface area (Å²) in [6.45, 7) is 2.46. The summed E-state index contributed by atoms with van der Waals surface area (Å²) in [5.41, 5.74) is -0.225. The Morgan fingerprint density at radius 1 is 1.50 bits per heavy atom. The van der Waals surface area contributed by atoms with Crippen LogP contribution in [0.3, 0.4) is 0 Å². The van der Waals surface area contributed by atoms with Crippen LogP contribution in [0.2, 0.25) is 5.02 Å². The summed E-state index contributed by atoms with van der Waals surface area (Å²) in [7, 11) is 1.65. The number of anilines is 1. The quantitative estimate of drug-likeness (QED) is 0.835. The molecule has 0 radical (unpaired) electrons. The number of carboxylic acids is 1. The van der Waals surface area contributed by atoms with Crippen molar-refractivity contribution in [3.8, 4) is 0 Å². The number of rotatable bonds is 5. The van der Waals surface area contributed by atoms with Gasteiger partial charge in [0.1, 0.15) is 5.82 Å². The van der Waals surface area contributed by atoms with Gasteiger partial charge >= 0.3 is 5.97 Å². The van der Waals surface area contributed by atoms with Crippen LogP contribution in [-0.4, -0.2) is 42.1 Å². The number of hydrogen-bond donors (Lipinski definition) is 2. The van der Waals surface area contributed by atoms with Gasteiger partial charge in [-0.1, -0.05) is 11.6 Å². The number of aromatic carboxylic acids is 1. The molecule has 7 heteroatoms. The van der Waals surface area contributed by atoms with E-state index in [0.29, 0.717) is 12.4 Å². The Bertz CT molecular complexity index is 465. The molecule has 1 amide bonds. The highest BCUT2D eigenvalue weighted by Gasteiger charge is 2.14. The zero-order valence-electron chi connectivity index (χ0n) is 10.1. The number of carbonyl (C=O) groups excluding carboxylic acids is 1. The maximum absolute atomic E-state index is 11.4. The van der Waals surface area contributed by atoms with E-state index in [-0.39, 0.29) is 23.2 Å². The number of halogens is 1. The first-order valence-corrected chi connectivity index (χ1v) is 5.71. The van der Waals surface area contributed by atoms with E-state index in [1.165, 1.54) is 6.07 Å². The Hall–Kier alpha value is -1.82. The molecule has 0 saturated heterocycles. The standard InChI is InChI=1S/C11H14ClN3O3/c1-3-13-9(16)6-15(2)8-5-4-7(12)10(14-8)11(17)18/h4-5H,3,6H2,1-2H3,(H,13,16)(H,17,18). The van der Waals surface area contributed by atoms with Crippen LogP contribution in [0.4, 0.5) is 5.82 Å². The van der Waals surface area contributed by atoms with E-state index < -0.39 is 5.97 Å². The molecule has 1 rings (SSSR count). The number of carbonyl (C=O) groups is 2. The second-order valence-corrected chi connectivity index (χ2v) is 4.02. The fourth-order valence-corrected chi connectivity index (χ4v) is 1.53. The minimum atomic E-state index is -1.20. The van der Waals surface area contributed by atoms with Crippen molar-refractivity contribution in [2.75, 3.05) is 25.0 Å². The average molecular weight is 272 g/mol. The van der Waals surface area contributed by atoms with Crippen LogP contribution in [0, 0.1) is 0 Å². The lowest BCUT2D eigenvalue weighted by Gasteiger charge is -2.17. The van der Waals surface area contributed by atoms with Crippen molar-refractivity contribution in [3.63, 3.8) is 0 Å². The van der Waals surface area contributed by atoms with Gasteiger partial charge in [-0.2, -0.15) is 0 Å². The number of pyridine rings is 1. The summed E-state index contributed by atoms with van der Waals surface area (Å²) < 4.78 is 0. The highest BCUT2D eigenvalue weighted by atomic mass is 35.5. The van der Waals surface area contributed by atoms with Gasteiger partial charge in [0, 0.05) is 13.6 Å². The molecule has 0 aromatic carbocycles. The Morgan fingerprint density at radius 3 is 2.72 bits per heavy atom. The number of amides is 1. The van der Waals surface area contributed by atoms with Crippen molar-refractivity contribution in [1.82, 2.24) is 10.3 Å². The zero-order valence-corrected chi connectivity index (χ0v) is 10.9. The molecule has 0 bridgehead atoms. The van der Waals surface area contributed by atoms with Crippen LogP contribution in [0.15, 0.2) is 12.1 Å². The fraction of sp³-hybridized carbons (Fsp3) is 0.364. The third-order valence-electron chi connectivity index (χ3n) is 2.18. The first-order chi connectivity index (χ1) is 8.45. The predicted octanol–water partition coefficient (Wildman–Crippen LogP) is 1.01. The molecule has 0 aliphatic rings. The van der Waals surface area contributed by atoms with Gasteiger partial charge in [-0.25, -0.2) is 9.78 Å². The Labute approximate surface area is 110 Å². The lowest BCUT2D eigenvalue weighted by Crippen LogP contribution is -2.35. The molecule has 0 saturated carbocycles. The summed E-state index contributed by atoms with van der Waals surface area (Å²) >= 11 is 5.71. The summed E-state index contributed by atoms with van der Waals surface area (Å²) in [6.07, 6.45) is 0. The molecule has 0 fully saturated rings. The van der Waals surface area contributed by atoms with Gasteiger partial charge in [0.2, 0.25) is 5.91 Å². The molecule has 18 heavy (non-hydrogen) atoms. The minimum absolute atomic E-state index is 0.0673. The number of nitrogens with zero attached hydrogens (tertiary/aromatic N) is 2. The smallest absolute Gasteiger partial charge is 0.356 e. The molecular formula is C11H14ClN3O3. The van der Waals surface area contributed by atoms with Crippen molar-refractivity contribution in [2.45, 2.75) is 6.92 Å². The van der Waals surface area contributed by atoms with E-state index in [1.54, 1.807) is 18.0 Å². The van der Waals surface area contributed by atoms with E-state index in [9.17, 15) is 9.59 Å². The first-order valence-electron chi connectivity index (χ1n) is 5.33. The molecule has 0 atom stereocenters. The van der Waals surface area contributed by atoms with Gasteiger partial charge in [-0.05, 0) is 19.1 Å². The summed E-state index contributed by atoms with van der Waals surface area (Å²) in [5.74, 6) is -0.982. The Morgan fingerprint density at radius 2 is 2.17 bits per heavy atom. The summed E-state index contributed by atoms with van der Waals surface area (Å²) in [6, 6.07) is 3.01. The topological polar surface area (TPSA) is 82.5 Å². The summed E-state index contributed by atoms with van der Waals surface area (Å²) in [5, 5.41) is 11.6. The predicted molar refractivity (Wildman–Crippen MR) is 68.2 cm³/mol. The van der Waals surface area contributed by atoms with Crippen molar-refractivity contribution < 1.29 is 14.7 Å². The highest BCUT2D eigenvalue weighted by molar-refractivity contribution is 6.33. The van der Waals surface area contributed by atoms with Gasteiger partial charge in [0.15, 0.2) is 5.69 Å². The molecular weight excluding hydrogens is 258 g/mol. The lowest BCUT2D eigenvalue weighted by atomic mass is 10.3. The maximum Gasteiger partial charge on any atom is 0.356 e. The number of nitrogens with one attached hydrogen (secondary N) is 1. The van der Waals surface area contributed by atoms with Crippen molar-refractivity contribution in [3.05, 3.63) is 22.8 Å². The number of hydrogen-bond acceptors (Lipinski definition) is 4. The minimum Gasteiger partial charge on any atom is -0.476 e.